The maximum Gasteiger partial charge on any atom is 0.149 e. The van der Waals surface area contributed by atoms with E-state index in [1.165, 1.54) is 0 Å². The van der Waals surface area contributed by atoms with E-state index in [0.29, 0.717) is 17.0 Å². The molecule has 4 heteroatoms. The second-order valence-electron chi connectivity index (χ2n) is 6.00. The topological polar surface area (TPSA) is 72.7 Å². The van der Waals surface area contributed by atoms with Crippen molar-refractivity contribution in [2.75, 3.05) is 0 Å². The largest absolute Gasteiger partial charge is 0.507 e. The lowest BCUT2D eigenvalue weighted by molar-refractivity contribution is 0.475. The molecule has 0 spiro atoms. The Balaban J connectivity index is 1.91. The minimum Gasteiger partial charge on any atom is -0.507 e. The van der Waals surface area contributed by atoms with Gasteiger partial charge in [-0.2, -0.15) is 5.26 Å². The van der Waals surface area contributed by atoms with Crippen molar-refractivity contribution >= 4 is 33.5 Å². The molecule has 1 aromatic heterocycles. The standard InChI is InChI=1S/C21H15N3O/c1-13-6-8-18-19(10-13)24-21(23-18)15(12-22)11-17-16-5-3-2-4-14(16)7-9-20(17)25/h2-11,25H,1H3,(H,23,24)/b15-11+. The van der Waals surface area contributed by atoms with Crippen LogP contribution in [0.1, 0.15) is 17.0 Å². The van der Waals surface area contributed by atoms with Crippen molar-refractivity contribution in [2.45, 2.75) is 6.92 Å². The molecule has 0 radical (unpaired) electrons. The highest BCUT2D eigenvalue weighted by molar-refractivity contribution is 6.00. The van der Waals surface area contributed by atoms with Crippen molar-refractivity contribution in [2.24, 2.45) is 0 Å². The number of imidazole rings is 1. The number of benzene rings is 3. The van der Waals surface area contributed by atoms with Crippen LogP contribution in [0.4, 0.5) is 0 Å². The van der Waals surface area contributed by atoms with Gasteiger partial charge in [-0.3, -0.25) is 0 Å². The molecule has 0 fully saturated rings. The smallest absolute Gasteiger partial charge is 0.149 e. The molecule has 0 saturated carbocycles. The molecule has 0 aliphatic rings. The lowest BCUT2D eigenvalue weighted by Gasteiger charge is -2.05. The number of aryl methyl sites for hydroxylation is 1. The average molecular weight is 325 g/mol. The molecule has 0 saturated heterocycles. The molecule has 0 aliphatic carbocycles. The van der Waals surface area contributed by atoms with E-state index < -0.39 is 0 Å². The van der Waals surface area contributed by atoms with Gasteiger partial charge in [-0.25, -0.2) is 4.98 Å². The molecule has 120 valence electrons. The quantitative estimate of drug-likeness (QED) is 0.520. The maximum absolute atomic E-state index is 10.3. The second-order valence-corrected chi connectivity index (χ2v) is 6.00. The molecule has 4 nitrogen and oxygen atoms in total. The van der Waals surface area contributed by atoms with Gasteiger partial charge in [0.05, 0.1) is 16.6 Å². The van der Waals surface area contributed by atoms with Gasteiger partial charge in [0.2, 0.25) is 0 Å². The fourth-order valence-electron chi connectivity index (χ4n) is 2.98. The Bertz CT molecular complexity index is 1180. The molecule has 3 aromatic carbocycles. The van der Waals surface area contributed by atoms with E-state index in [1.54, 1.807) is 12.1 Å². The predicted octanol–water partition coefficient (Wildman–Crippen LogP) is 4.79. The van der Waals surface area contributed by atoms with Crippen LogP contribution in [0.2, 0.25) is 0 Å². The van der Waals surface area contributed by atoms with Crippen LogP contribution < -0.4 is 0 Å². The van der Waals surface area contributed by atoms with Crippen molar-refractivity contribution in [3.8, 4) is 11.8 Å². The molecule has 0 bridgehead atoms. The SMILES string of the molecule is Cc1ccc2nc(/C(C#N)=C/c3c(O)ccc4ccccc34)[nH]c2c1. The van der Waals surface area contributed by atoms with E-state index in [2.05, 4.69) is 16.0 Å². The zero-order valence-corrected chi connectivity index (χ0v) is 13.6. The first-order chi connectivity index (χ1) is 12.2. The number of aromatic hydroxyl groups is 1. The van der Waals surface area contributed by atoms with Gasteiger partial charge < -0.3 is 10.1 Å². The first-order valence-electron chi connectivity index (χ1n) is 7.95. The highest BCUT2D eigenvalue weighted by Crippen LogP contribution is 2.31. The maximum atomic E-state index is 10.3. The van der Waals surface area contributed by atoms with E-state index in [9.17, 15) is 10.4 Å². The summed E-state index contributed by atoms with van der Waals surface area (Å²) in [7, 11) is 0. The number of rotatable bonds is 2. The van der Waals surface area contributed by atoms with Crippen molar-refractivity contribution < 1.29 is 5.11 Å². The third-order valence-electron chi connectivity index (χ3n) is 4.25. The number of phenols is 1. The molecule has 2 N–H and O–H groups in total. The third-order valence-corrected chi connectivity index (χ3v) is 4.25. The average Bonchev–Trinajstić information content (AvgIpc) is 3.04. The Morgan fingerprint density at radius 2 is 2.00 bits per heavy atom. The number of aromatic nitrogens is 2. The lowest BCUT2D eigenvalue weighted by atomic mass is 10.0. The van der Waals surface area contributed by atoms with E-state index in [1.807, 2.05) is 55.5 Å². The van der Waals surface area contributed by atoms with E-state index in [0.717, 1.165) is 27.4 Å². The molecule has 0 unspecified atom stereocenters. The number of hydrogen-bond donors (Lipinski definition) is 2. The predicted molar refractivity (Wildman–Crippen MR) is 99.9 cm³/mol. The summed E-state index contributed by atoms with van der Waals surface area (Å²) in [4.78, 5) is 7.69. The first kappa shape index (κ1) is 15.0. The number of nitriles is 1. The van der Waals surface area contributed by atoms with Crippen molar-refractivity contribution in [1.82, 2.24) is 9.97 Å². The van der Waals surface area contributed by atoms with Crippen LogP contribution in [0, 0.1) is 18.3 Å². The van der Waals surface area contributed by atoms with E-state index >= 15 is 0 Å². The normalized spacial score (nSPS) is 11.8. The highest BCUT2D eigenvalue weighted by atomic mass is 16.3. The minimum atomic E-state index is 0.137. The van der Waals surface area contributed by atoms with Crippen LogP contribution in [0.3, 0.4) is 0 Å². The Labute approximate surface area is 144 Å². The number of allylic oxidation sites excluding steroid dienone is 1. The molecular formula is C21H15N3O. The second kappa shape index (κ2) is 5.81. The van der Waals surface area contributed by atoms with E-state index in [-0.39, 0.29) is 5.75 Å². The molecule has 4 aromatic rings. The first-order valence-corrected chi connectivity index (χ1v) is 7.95. The molecular weight excluding hydrogens is 310 g/mol. The number of aromatic amines is 1. The van der Waals surface area contributed by atoms with Gasteiger partial charge in [0.1, 0.15) is 17.6 Å². The molecule has 0 aliphatic heterocycles. The Hall–Kier alpha value is -3.58. The van der Waals surface area contributed by atoms with Crippen molar-refractivity contribution in [3.05, 3.63) is 71.5 Å². The Morgan fingerprint density at radius 3 is 2.84 bits per heavy atom. The zero-order chi connectivity index (χ0) is 17.4. The van der Waals surface area contributed by atoms with Crippen LogP contribution in [0.15, 0.2) is 54.6 Å². The van der Waals surface area contributed by atoms with Crippen LogP contribution in [-0.4, -0.2) is 15.1 Å². The van der Waals surface area contributed by atoms with Crippen molar-refractivity contribution in [1.29, 1.82) is 5.26 Å². The number of H-pyrrole nitrogens is 1. The number of phenolic OH excluding ortho intramolecular Hbond substituents is 1. The summed E-state index contributed by atoms with van der Waals surface area (Å²) in [5.41, 5.74) is 3.81. The van der Waals surface area contributed by atoms with Gasteiger partial charge in [0.25, 0.3) is 0 Å². The summed E-state index contributed by atoms with van der Waals surface area (Å²) < 4.78 is 0. The molecule has 25 heavy (non-hydrogen) atoms. The summed E-state index contributed by atoms with van der Waals surface area (Å²) in [6.45, 7) is 2.01. The summed E-state index contributed by atoms with van der Waals surface area (Å²) in [5.74, 6) is 0.633. The molecule has 0 atom stereocenters. The lowest BCUT2D eigenvalue weighted by Crippen LogP contribution is -1.87. The molecule has 4 rings (SSSR count). The number of nitrogens with zero attached hydrogens (tertiary/aromatic N) is 2. The van der Waals surface area contributed by atoms with Gasteiger partial charge in [-0.05, 0) is 47.5 Å². The number of fused-ring (bicyclic) bond motifs is 2. The summed E-state index contributed by atoms with van der Waals surface area (Å²) >= 11 is 0. The molecule has 0 amide bonds. The monoisotopic (exact) mass is 325 g/mol. The number of nitrogens with one attached hydrogen (secondary N) is 1. The number of hydrogen-bond acceptors (Lipinski definition) is 3. The van der Waals surface area contributed by atoms with Crippen LogP contribution in [0.25, 0.3) is 33.5 Å². The van der Waals surface area contributed by atoms with E-state index in [4.69, 9.17) is 0 Å². The minimum absolute atomic E-state index is 0.137. The van der Waals surface area contributed by atoms with Crippen molar-refractivity contribution in [3.63, 3.8) is 0 Å². The fourth-order valence-corrected chi connectivity index (χ4v) is 2.98. The van der Waals surface area contributed by atoms with Gasteiger partial charge in [-0.1, -0.05) is 36.4 Å². The molecule has 1 heterocycles. The van der Waals surface area contributed by atoms with Gasteiger partial charge >= 0.3 is 0 Å². The van der Waals surface area contributed by atoms with Crippen LogP contribution in [-0.2, 0) is 0 Å². The Kier molecular flexibility index (Phi) is 3.48. The van der Waals surface area contributed by atoms with Crippen LogP contribution in [0.5, 0.6) is 5.75 Å². The summed E-state index contributed by atoms with van der Waals surface area (Å²) in [6.07, 6.45) is 1.68. The Morgan fingerprint density at radius 1 is 1.16 bits per heavy atom. The summed E-state index contributed by atoms with van der Waals surface area (Å²) in [6, 6.07) is 19.4. The van der Waals surface area contributed by atoms with Gasteiger partial charge in [0.15, 0.2) is 0 Å². The highest BCUT2D eigenvalue weighted by Gasteiger charge is 2.11. The third kappa shape index (κ3) is 2.62. The van der Waals surface area contributed by atoms with Crippen LogP contribution >= 0.6 is 0 Å². The zero-order valence-electron chi connectivity index (χ0n) is 13.6. The summed E-state index contributed by atoms with van der Waals surface area (Å²) in [5, 5.41) is 21.8. The van der Waals surface area contributed by atoms with Gasteiger partial charge in [-0.15, -0.1) is 0 Å². The van der Waals surface area contributed by atoms with Gasteiger partial charge in [0, 0.05) is 5.56 Å². The fraction of sp³-hybridized carbons (Fsp3) is 0.0476.